The van der Waals surface area contributed by atoms with Crippen LogP contribution in [0.5, 0.6) is 0 Å². The Morgan fingerprint density at radius 3 is 2.35 bits per heavy atom. The van der Waals surface area contributed by atoms with Gasteiger partial charge in [0.1, 0.15) is 10.7 Å². The number of nitrogens with zero attached hydrogens (tertiary/aromatic N) is 2. The third kappa shape index (κ3) is 6.68. The number of hydrogen-bond donors (Lipinski definition) is 5. The molecule has 0 aliphatic carbocycles. The van der Waals surface area contributed by atoms with Crippen molar-refractivity contribution in [2.24, 2.45) is 5.10 Å². The van der Waals surface area contributed by atoms with E-state index >= 15 is 0 Å². The lowest BCUT2D eigenvalue weighted by molar-refractivity contribution is 0.0933. The molecule has 3 rings (SSSR count). The summed E-state index contributed by atoms with van der Waals surface area (Å²) in [6.07, 6.45) is 2.60. The molecule has 2 aromatic carbocycles. The van der Waals surface area contributed by atoms with Gasteiger partial charge in [0.25, 0.3) is 21.9 Å². The van der Waals surface area contributed by atoms with Gasteiger partial charge in [-0.05, 0) is 35.9 Å². The lowest BCUT2D eigenvalue weighted by atomic mass is 10.1. The van der Waals surface area contributed by atoms with Crippen LogP contribution in [-0.2, 0) is 16.7 Å². The first-order valence-electron chi connectivity index (χ1n) is 9.94. The lowest BCUT2D eigenvalue weighted by Crippen LogP contribution is -2.34. The van der Waals surface area contributed by atoms with Gasteiger partial charge in [0.05, 0.1) is 11.8 Å². The number of nitrogens with one attached hydrogen (secondary N) is 4. The Balaban J connectivity index is 1.55. The molecule has 12 heteroatoms. The van der Waals surface area contributed by atoms with Gasteiger partial charge in [-0.3, -0.25) is 25.0 Å². The third-order valence-corrected chi connectivity index (χ3v) is 5.44. The molecule has 1 aromatic heterocycles. The number of rotatable bonds is 9. The molecular formula is C22H22N6O5S. The molecule has 0 atom stereocenters. The van der Waals surface area contributed by atoms with Crippen LogP contribution < -0.4 is 21.6 Å². The molecule has 0 saturated heterocycles. The third-order valence-electron chi connectivity index (χ3n) is 4.51. The minimum Gasteiger partial charge on any atom is -0.348 e. The second-order valence-electron chi connectivity index (χ2n) is 6.90. The maximum absolute atomic E-state index is 12.4. The van der Waals surface area contributed by atoms with Crippen molar-refractivity contribution in [2.45, 2.75) is 11.4 Å². The predicted molar refractivity (Wildman–Crippen MR) is 126 cm³/mol. The van der Waals surface area contributed by atoms with Gasteiger partial charge < -0.3 is 5.32 Å². The topological polar surface area (TPSA) is 162 Å². The lowest BCUT2D eigenvalue weighted by Gasteiger charge is -2.07. The van der Waals surface area contributed by atoms with Crippen LogP contribution in [0.2, 0.25) is 0 Å². The van der Waals surface area contributed by atoms with E-state index in [4.69, 9.17) is 0 Å². The van der Waals surface area contributed by atoms with Crippen molar-refractivity contribution in [2.75, 3.05) is 12.5 Å². The average Bonchev–Trinajstić information content (AvgIpc) is 2.83. The fraction of sp³-hybridized carbons (Fsp3) is 0.0909. The first kappa shape index (κ1) is 24.5. The fourth-order valence-electron chi connectivity index (χ4n) is 2.83. The molecule has 0 unspecified atom stereocenters. The van der Waals surface area contributed by atoms with E-state index in [0.29, 0.717) is 16.9 Å². The van der Waals surface area contributed by atoms with E-state index in [1.54, 1.807) is 43.4 Å². The number of benzene rings is 2. The summed E-state index contributed by atoms with van der Waals surface area (Å²) in [6.45, 7) is 0.268. The number of hydrogen-bond acceptors (Lipinski definition) is 8. The molecule has 0 bridgehead atoms. The summed E-state index contributed by atoms with van der Waals surface area (Å²) in [4.78, 5) is 27.9. The number of amides is 2. The van der Waals surface area contributed by atoms with Crippen LogP contribution in [-0.4, -0.2) is 43.0 Å². The zero-order valence-electron chi connectivity index (χ0n) is 18.0. The molecule has 34 heavy (non-hydrogen) atoms. The van der Waals surface area contributed by atoms with Crippen molar-refractivity contribution < 1.29 is 22.6 Å². The highest BCUT2D eigenvalue weighted by Crippen LogP contribution is 2.13. The Kier molecular flexibility index (Phi) is 8.03. The molecule has 176 valence electrons. The normalized spacial score (nSPS) is 11.2. The summed E-state index contributed by atoms with van der Waals surface area (Å²) >= 11 is 0. The van der Waals surface area contributed by atoms with Gasteiger partial charge in [0.15, 0.2) is 0 Å². The first-order chi connectivity index (χ1) is 16.3. The number of aromatic nitrogens is 1. The van der Waals surface area contributed by atoms with E-state index in [9.17, 15) is 22.6 Å². The van der Waals surface area contributed by atoms with Gasteiger partial charge in [-0.15, -0.1) is 0 Å². The number of hydrazine groups is 1. The predicted octanol–water partition coefficient (Wildman–Crippen LogP) is 1.57. The van der Waals surface area contributed by atoms with E-state index in [1.165, 1.54) is 36.7 Å². The Morgan fingerprint density at radius 1 is 1.00 bits per heavy atom. The quantitative estimate of drug-likeness (QED) is 0.174. The molecule has 0 radical (unpaired) electrons. The van der Waals surface area contributed by atoms with Crippen LogP contribution in [0.3, 0.4) is 0 Å². The van der Waals surface area contributed by atoms with Crippen LogP contribution >= 0.6 is 0 Å². The molecule has 0 aliphatic heterocycles. The molecule has 1 heterocycles. The smallest absolute Gasteiger partial charge is 0.295 e. The number of hydrazone groups is 1. The average molecular weight is 483 g/mol. The number of carbonyl (C=O) groups is 2. The van der Waals surface area contributed by atoms with Crippen molar-refractivity contribution in [3.05, 3.63) is 89.1 Å². The van der Waals surface area contributed by atoms with E-state index in [0.717, 1.165) is 5.56 Å². The summed E-state index contributed by atoms with van der Waals surface area (Å²) in [5, 5.41) is 6.69. The molecule has 0 aliphatic rings. The summed E-state index contributed by atoms with van der Waals surface area (Å²) in [6, 6.07) is 15.7. The maximum Gasteiger partial charge on any atom is 0.295 e. The summed E-state index contributed by atoms with van der Waals surface area (Å²) in [7, 11) is -2.78. The molecule has 11 nitrogen and oxygen atoms in total. The van der Waals surface area contributed by atoms with Crippen LogP contribution in [0.15, 0.2) is 76.9 Å². The molecule has 0 fully saturated rings. The second kappa shape index (κ2) is 11.1. The minimum atomic E-state index is -4.38. The van der Waals surface area contributed by atoms with Crippen molar-refractivity contribution in [3.8, 4) is 0 Å². The van der Waals surface area contributed by atoms with Gasteiger partial charge in [-0.1, -0.05) is 30.3 Å². The van der Waals surface area contributed by atoms with Crippen LogP contribution in [0.4, 0.5) is 5.82 Å². The van der Waals surface area contributed by atoms with Crippen LogP contribution in [0.25, 0.3) is 0 Å². The standard InChI is InChI=1S/C22H22N6O5S/c1-23-28-22(30)16-8-6-15(7-9-16)12-25-21(29)18-10-11-20(24-13-18)27-26-14-17-4-2-3-5-19(17)34(31,32)33/h2-11,13-14,23H,12H2,1H3,(H,24,27)(H,25,29)(H,28,30)(H,31,32,33)/b26-14-. The minimum absolute atomic E-state index is 0.198. The number of pyridine rings is 1. The monoisotopic (exact) mass is 482 g/mol. The largest absolute Gasteiger partial charge is 0.348 e. The molecular weight excluding hydrogens is 460 g/mol. The van der Waals surface area contributed by atoms with Crippen molar-refractivity contribution in [3.63, 3.8) is 0 Å². The van der Waals surface area contributed by atoms with Gasteiger partial charge in [0, 0.05) is 30.9 Å². The Labute approximate surface area is 196 Å². The Morgan fingerprint density at radius 2 is 1.71 bits per heavy atom. The van der Waals surface area contributed by atoms with Crippen LogP contribution in [0.1, 0.15) is 31.8 Å². The van der Waals surface area contributed by atoms with Crippen molar-refractivity contribution >= 4 is 34.0 Å². The van der Waals surface area contributed by atoms with E-state index in [-0.39, 0.29) is 28.8 Å². The fourth-order valence-corrected chi connectivity index (χ4v) is 3.50. The summed E-state index contributed by atoms with van der Waals surface area (Å²) < 4.78 is 32.1. The van der Waals surface area contributed by atoms with Crippen molar-refractivity contribution in [1.82, 2.24) is 21.2 Å². The van der Waals surface area contributed by atoms with E-state index in [2.05, 4.69) is 31.7 Å². The highest BCUT2D eigenvalue weighted by molar-refractivity contribution is 7.86. The van der Waals surface area contributed by atoms with Gasteiger partial charge in [0.2, 0.25) is 0 Å². The van der Waals surface area contributed by atoms with E-state index < -0.39 is 10.1 Å². The van der Waals surface area contributed by atoms with Crippen LogP contribution in [0, 0.1) is 0 Å². The molecule has 2 amide bonds. The van der Waals surface area contributed by atoms with Gasteiger partial charge in [-0.25, -0.2) is 10.4 Å². The van der Waals surface area contributed by atoms with Crippen molar-refractivity contribution in [1.29, 1.82) is 0 Å². The molecule has 0 saturated carbocycles. The maximum atomic E-state index is 12.4. The van der Waals surface area contributed by atoms with E-state index in [1.807, 2.05) is 0 Å². The van der Waals surface area contributed by atoms with Gasteiger partial charge >= 0.3 is 0 Å². The SMILES string of the molecule is CNNC(=O)c1ccc(CNC(=O)c2ccc(N/N=C\c3ccccc3S(=O)(=O)O)nc2)cc1. The molecule has 5 N–H and O–H groups in total. The molecule has 3 aromatic rings. The van der Waals surface area contributed by atoms with Gasteiger partial charge in [-0.2, -0.15) is 13.5 Å². The number of anilines is 1. The summed E-state index contributed by atoms with van der Waals surface area (Å²) in [5.74, 6) is -0.265. The zero-order chi connectivity index (χ0) is 24.6. The number of carbonyl (C=O) groups excluding carboxylic acids is 2. The molecule has 0 spiro atoms. The Hall–Kier alpha value is -4.13. The summed E-state index contributed by atoms with van der Waals surface area (Å²) in [5.41, 5.74) is 9.50. The Bertz CT molecular complexity index is 1290. The highest BCUT2D eigenvalue weighted by Gasteiger charge is 2.13. The zero-order valence-corrected chi connectivity index (χ0v) is 18.8. The first-order valence-corrected chi connectivity index (χ1v) is 11.4. The highest BCUT2D eigenvalue weighted by atomic mass is 32.2. The second-order valence-corrected chi connectivity index (χ2v) is 8.29.